The molecule has 0 spiro atoms. The van der Waals surface area contributed by atoms with Crippen LogP contribution >= 0.6 is 23.2 Å². The summed E-state index contributed by atoms with van der Waals surface area (Å²) in [5, 5.41) is 6.90. The van der Waals surface area contributed by atoms with Crippen molar-refractivity contribution in [3.8, 4) is 0 Å². The van der Waals surface area contributed by atoms with Gasteiger partial charge < -0.3 is 10.6 Å². The minimum atomic E-state index is -0.268. The van der Waals surface area contributed by atoms with Gasteiger partial charge in [0.15, 0.2) is 0 Å². The van der Waals surface area contributed by atoms with Crippen molar-refractivity contribution in [3.05, 3.63) is 52.3 Å². The standard InChI is InChI=1S/C16H17Cl2N3O/c1-2-3-6-20-13-7-11(9-19-10-13)16(22)21-15-5-4-12(17)8-14(15)18/h4-5,7-10,20H,2-3,6H2,1H3,(H,21,22). The first-order valence-electron chi connectivity index (χ1n) is 7.05. The highest BCUT2D eigenvalue weighted by atomic mass is 35.5. The Morgan fingerprint density at radius 2 is 2.05 bits per heavy atom. The predicted molar refractivity (Wildman–Crippen MR) is 92.0 cm³/mol. The third-order valence-corrected chi connectivity index (χ3v) is 3.59. The van der Waals surface area contributed by atoms with Crippen molar-refractivity contribution in [1.82, 2.24) is 4.98 Å². The Morgan fingerprint density at radius 3 is 2.77 bits per heavy atom. The molecule has 0 unspecified atom stereocenters. The molecule has 22 heavy (non-hydrogen) atoms. The largest absolute Gasteiger partial charge is 0.384 e. The molecule has 4 nitrogen and oxygen atoms in total. The van der Waals surface area contributed by atoms with Gasteiger partial charge in [0, 0.05) is 24.0 Å². The second-order valence-corrected chi connectivity index (χ2v) is 5.66. The molecule has 1 heterocycles. The molecule has 0 atom stereocenters. The monoisotopic (exact) mass is 337 g/mol. The van der Waals surface area contributed by atoms with Crippen molar-refractivity contribution < 1.29 is 4.79 Å². The summed E-state index contributed by atoms with van der Waals surface area (Å²) in [7, 11) is 0. The van der Waals surface area contributed by atoms with Crippen molar-refractivity contribution in [2.45, 2.75) is 19.8 Å². The minimum Gasteiger partial charge on any atom is -0.384 e. The number of carbonyl (C=O) groups excluding carboxylic acids is 1. The number of nitrogens with zero attached hydrogens (tertiary/aromatic N) is 1. The summed E-state index contributed by atoms with van der Waals surface area (Å²) < 4.78 is 0. The maximum atomic E-state index is 12.3. The molecule has 1 amide bonds. The Labute approximate surface area is 139 Å². The Bertz CT molecular complexity index is 662. The fraction of sp³-hybridized carbons (Fsp3) is 0.250. The first-order chi connectivity index (χ1) is 10.6. The number of amides is 1. The van der Waals surface area contributed by atoms with Crippen LogP contribution in [0, 0.1) is 0 Å². The average molecular weight is 338 g/mol. The highest BCUT2D eigenvalue weighted by Crippen LogP contribution is 2.25. The number of pyridine rings is 1. The summed E-state index contributed by atoms with van der Waals surface area (Å²) in [5.41, 5.74) is 1.80. The first kappa shape index (κ1) is 16.6. The van der Waals surface area contributed by atoms with Gasteiger partial charge in [0.1, 0.15) is 0 Å². The smallest absolute Gasteiger partial charge is 0.257 e. The first-order valence-corrected chi connectivity index (χ1v) is 7.81. The zero-order valence-electron chi connectivity index (χ0n) is 12.2. The van der Waals surface area contributed by atoms with Crippen LogP contribution in [0.1, 0.15) is 30.1 Å². The van der Waals surface area contributed by atoms with E-state index in [9.17, 15) is 4.79 Å². The van der Waals surface area contributed by atoms with Crippen LogP contribution in [-0.4, -0.2) is 17.4 Å². The van der Waals surface area contributed by atoms with E-state index < -0.39 is 0 Å². The quantitative estimate of drug-likeness (QED) is 0.740. The van der Waals surface area contributed by atoms with Crippen LogP contribution in [0.15, 0.2) is 36.7 Å². The summed E-state index contributed by atoms with van der Waals surface area (Å²) in [6.07, 6.45) is 5.39. The molecule has 2 rings (SSSR count). The number of hydrogen-bond acceptors (Lipinski definition) is 3. The van der Waals surface area contributed by atoms with Gasteiger partial charge in [0.05, 0.1) is 22.0 Å². The van der Waals surface area contributed by atoms with Gasteiger partial charge in [-0.05, 0) is 30.7 Å². The van der Waals surface area contributed by atoms with Crippen molar-refractivity contribution in [1.29, 1.82) is 0 Å². The number of anilines is 2. The highest BCUT2D eigenvalue weighted by molar-refractivity contribution is 6.36. The van der Waals surface area contributed by atoms with E-state index >= 15 is 0 Å². The lowest BCUT2D eigenvalue weighted by Crippen LogP contribution is -2.13. The van der Waals surface area contributed by atoms with Gasteiger partial charge in [-0.15, -0.1) is 0 Å². The van der Waals surface area contributed by atoms with E-state index in [1.165, 1.54) is 6.20 Å². The topological polar surface area (TPSA) is 54.0 Å². The number of hydrogen-bond donors (Lipinski definition) is 2. The molecule has 1 aromatic carbocycles. The van der Waals surface area contributed by atoms with Crippen molar-refractivity contribution in [2.24, 2.45) is 0 Å². The van der Waals surface area contributed by atoms with Crippen LogP contribution in [0.5, 0.6) is 0 Å². The Kier molecular flexibility index (Phi) is 6.04. The third-order valence-electron chi connectivity index (χ3n) is 3.04. The molecule has 2 aromatic rings. The molecule has 0 saturated heterocycles. The number of rotatable bonds is 6. The van der Waals surface area contributed by atoms with Gasteiger partial charge in [0.2, 0.25) is 0 Å². The van der Waals surface area contributed by atoms with Gasteiger partial charge in [-0.3, -0.25) is 9.78 Å². The van der Waals surface area contributed by atoms with Crippen molar-refractivity contribution >= 4 is 40.5 Å². The van der Waals surface area contributed by atoms with Crippen LogP contribution in [0.25, 0.3) is 0 Å². The molecule has 116 valence electrons. The second kappa shape index (κ2) is 8.01. The molecular weight excluding hydrogens is 321 g/mol. The van der Waals surface area contributed by atoms with Crippen LogP contribution in [-0.2, 0) is 0 Å². The fourth-order valence-electron chi connectivity index (χ4n) is 1.86. The lowest BCUT2D eigenvalue weighted by atomic mass is 10.2. The predicted octanol–water partition coefficient (Wildman–Crippen LogP) is 4.85. The number of unbranched alkanes of at least 4 members (excludes halogenated alkanes) is 1. The van der Waals surface area contributed by atoms with Crippen molar-refractivity contribution in [3.63, 3.8) is 0 Å². The van der Waals surface area contributed by atoms with E-state index in [2.05, 4.69) is 22.5 Å². The van der Waals surface area contributed by atoms with E-state index in [0.717, 1.165) is 25.1 Å². The molecule has 6 heteroatoms. The molecule has 0 fully saturated rings. The summed E-state index contributed by atoms with van der Waals surface area (Å²) in [6, 6.07) is 6.69. The number of aromatic nitrogens is 1. The lowest BCUT2D eigenvalue weighted by molar-refractivity contribution is 0.102. The molecule has 0 bridgehead atoms. The van der Waals surface area contributed by atoms with E-state index in [1.807, 2.05) is 0 Å². The van der Waals surface area contributed by atoms with E-state index in [1.54, 1.807) is 30.5 Å². The molecule has 0 aliphatic carbocycles. The summed E-state index contributed by atoms with van der Waals surface area (Å²) in [6.45, 7) is 2.98. The normalized spacial score (nSPS) is 10.3. The van der Waals surface area contributed by atoms with Crippen LogP contribution in [0.4, 0.5) is 11.4 Å². The second-order valence-electron chi connectivity index (χ2n) is 4.82. The summed E-state index contributed by atoms with van der Waals surface area (Å²) in [4.78, 5) is 16.3. The Morgan fingerprint density at radius 1 is 1.23 bits per heavy atom. The van der Waals surface area contributed by atoms with Crippen LogP contribution < -0.4 is 10.6 Å². The minimum absolute atomic E-state index is 0.268. The van der Waals surface area contributed by atoms with Gasteiger partial charge >= 0.3 is 0 Å². The highest BCUT2D eigenvalue weighted by Gasteiger charge is 2.10. The molecule has 0 aliphatic heterocycles. The number of benzene rings is 1. The van der Waals surface area contributed by atoms with E-state index in [-0.39, 0.29) is 5.91 Å². The summed E-state index contributed by atoms with van der Waals surface area (Å²) in [5.74, 6) is -0.268. The molecule has 2 N–H and O–H groups in total. The molecule has 0 aliphatic rings. The van der Waals surface area contributed by atoms with Gasteiger partial charge in [-0.1, -0.05) is 36.5 Å². The zero-order valence-corrected chi connectivity index (χ0v) is 13.7. The van der Waals surface area contributed by atoms with Gasteiger partial charge in [-0.25, -0.2) is 0 Å². The third kappa shape index (κ3) is 4.61. The lowest BCUT2D eigenvalue weighted by Gasteiger charge is -2.09. The maximum absolute atomic E-state index is 12.3. The Balaban J connectivity index is 2.07. The van der Waals surface area contributed by atoms with Crippen molar-refractivity contribution in [2.75, 3.05) is 17.2 Å². The molecule has 1 aromatic heterocycles. The van der Waals surface area contributed by atoms with Crippen LogP contribution in [0.3, 0.4) is 0 Å². The zero-order chi connectivity index (χ0) is 15.9. The number of carbonyl (C=O) groups is 1. The SMILES string of the molecule is CCCCNc1cncc(C(=O)Nc2ccc(Cl)cc2Cl)c1. The average Bonchev–Trinajstić information content (AvgIpc) is 2.50. The van der Waals surface area contributed by atoms with Gasteiger partial charge in [0.25, 0.3) is 5.91 Å². The fourth-order valence-corrected chi connectivity index (χ4v) is 2.31. The number of halogens is 2. The maximum Gasteiger partial charge on any atom is 0.257 e. The van der Waals surface area contributed by atoms with Gasteiger partial charge in [-0.2, -0.15) is 0 Å². The van der Waals surface area contributed by atoms with Crippen LogP contribution in [0.2, 0.25) is 10.0 Å². The Hall–Kier alpha value is -1.78. The molecule has 0 radical (unpaired) electrons. The molecule has 0 saturated carbocycles. The van der Waals surface area contributed by atoms with E-state index in [4.69, 9.17) is 23.2 Å². The summed E-state index contributed by atoms with van der Waals surface area (Å²) >= 11 is 11.9. The molecular formula is C16H17Cl2N3O. The number of nitrogens with one attached hydrogen (secondary N) is 2. The van der Waals surface area contributed by atoms with E-state index in [0.29, 0.717) is 21.3 Å².